The normalized spacial score (nSPS) is 44.7. The van der Waals surface area contributed by atoms with E-state index < -0.39 is 24.7 Å². The van der Waals surface area contributed by atoms with E-state index in [0.717, 1.165) is 102 Å². The smallest absolute Gasteiger partial charge is 0.134 e. The minimum atomic E-state index is -1.29. The van der Waals surface area contributed by atoms with Gasteiger partial charge in [-0.15, -0.1) is 0 Å². The van der Waals surface area contributed by atoms with Crippen molar-refractivity contribution in [1.82, 2.24) is 0 Å². The Morgan fingerprint density at radius 3 is 1.45 bits per heavy atom. The van der Waals surface area contributed by atoms with Crippen LogP contribution in [0.25, 0.3) is 0 Å². The molecule has 6 unspecified atom stereocenters. The molecule has 0 aromatic carbocycles. The van der Waals surface area contributed by atoms with Crippen LogP contribution in [0.15, 0.2) is 0 Å². The first-order valence-corrected chi connectivity index (χ1v) is 17.0. The average molecular weight is 543 g/mol. The number of alkyl halides is 4. The van der Waals surface area contributed by atoms with Gasteiger partial charge in [-0.1, -0.05) is 78.1 Å². The highest BCUT2D eigenvalue weighted by Crippen LogP contribution is 2.48. The number of halogens is 4. The van der Waals surface area contributed by atoms with Crippen LogP contribution in [0, 0.1) is 47.3 Å². The molecule has 8 atom stereocenters. The van der Waals surface area contributed by atoms with E-state index in [4.69, 9.17) is 0 Å². The largest absolute Gasteiger partial charge is 0.244 e. The van der Waals surface area contributed by atoms with Gasteiger partial charge in [-0.2, -0.15) is 0 Å². The molecular weight excluding hydrogens is 484 g/mol. The van der Waals surface area contributed by atoms with E-state index in [9.17, 15) is 4.39 Å². The van der Waals surface area contributed by atoms with E-state index >= 15 is 13.2 Å². The van der Waals surface area contributed by atoms with Crippen LogP contribution in [0.5, 0.6) is 0 Å². The van der Waals surface area contributed by atoms with Gasteiger partial charge in [0, 0.05) is 0 Å². The molecule has 0 radical (unpaired) electrons. The van der Waals surface area contributed by atoms with Crippen molar-refractivity contribution in [1.29, 1.82) is 0 Å². The van der Waals surface area contributed by atoms with Gasteiger partial charge >= 0.3 is 0 Å². The zero-order valence-corrected chi connectivity index (χ0v) is 24.6. The minimum Gasteiger partial charge on any atom is -0.244 e. The molecule has 0 aromatic heterocycles. The molecule has 0 nitrogen and oxygen atoms in total. The molecule has 0 spiro atoms. The van der Waals surface area contributed by atoms with Crippen molar-refractivity contribution in [3.8, 4) is 0 Å². The highest BCUT2D eigenvalue weighted by atomic mass is 19.2. The summed E-state index contributed by atoms with van der Waals surface area (Å²) in [6.45, 7) is 4.42. The molecule has 0 saturated heterocycles. The molecule has 0 heterocycles. The molecule has 0 aliphatic heterocycles. The Hall–Kier alpha value is -0.280. The lowest BCUT2D eigenvalue weighted by Gasteiger charge is -2.42. The summed E-state index contributed by atoms with van der Waals surface area (Å²) in [7, 11) is 0. The standard InChI is InChI=1S/C34H58F4/c1-3-5-6-7-8-27-19-21-29(33(37)31(27)35)26-16-11-24(12-17-26)13-18-28-20-22-30(34(38)32(28)36)25-14-9-23(4-2)10-15-25/h23-34H,3-22H2,1-2H3/t23?,24?,25?,26?,27?,28?,29?,30?,31-,32-,33?,34?/m0/s1. The number of hydrogen-bond donors (Lipinski definition) is 0. The Morgan fingerprint density at radius 2 is 0.947 bits per heavy atom. The molecule has 222 valence electrons. The highest BCUT2D eigenvalue weighted by molar-refractivity contribution is 4.94. The molecule has 38 heavy (non-hydrogen) atoms. The van der Waals surface area contributed by atoms with Gasteiger partial charge in [0.05, 0.1) is 0 Å². The Labute approximate surface area is 231 Å². The van der Waals surface area contributed by atoms with Crippen LogP contribution in [0.1, 0.15) is 142 Å². The molecule has 4 aliphatic rings. The Balaban J connectivity index is 1.15. The Morgan fingerprint density at radius 1 is 0.447 bits per heavy atom. The van der Waals surface area contributed by atoms with Gasteiger partial charge in [0.2, 0.25) is 0 Å². The summed E-state index contributed by atoms with van der Waals surface area (Å²) >= 11 is 0. The van der Waals surface area contributed by atoms with Crippen LogP contribution in [0.2, 0.25) is 0 Å². The van der Waals surface area contributed by atoms with Gasteiger partial charge < -0.3 is 0 Å². The second kappa shape index (κ2) is 15.1. The molecule has 4 rings (SSSR count). The molecule has 4 saturated carbocycles. The van der Waals surface area contributed by atoms with Gasteiger partial charge in [0.25, 0.3) is 0 Å². The third-order valence-electron chi connectivity index (χ3n) is 12.0. The van der Waals surface area contributed by atoms with Crippen molar-refractivity contribution in [3.05, 3.63) is 0 Å². The van der Waals surface area contributed by atoms with Crippen molar-refractivity contribution in [3.63, 3.8) is 0 Å². The summed E-state index contributed by atoms with van der Waals surface area (Å²) < 4.78 is 60.6. The predicted octanol–water partition coefficient (Wildman–Crippen LogP) is 11.2. The lowest BCUT2D eigenvalue weighted by Crippen LogP contribution is -2.42. The average Bonchev–Trinajstić information content (AvgIpc) is 2.94. The van der Waals surface area contributed by atoms with Crippen molar-refractivity contribution in [2.75, 3.05) is 0 Å². The number of hydrogen-bond acceptors (Lipinski definition) is 0. The quantitative estimate of drug-likeness (QED) is 0.180. The topological polar surface area (TPSA) is 0 Å². The van der Waals surface area contributed by atoms with Crippen LogP contribution in [0.3, 0.4) is 0 Å². The first-order valence-electron chi connectivity index (χ1n) is 17.0. The number of unbranched alkanes of at least 4 members (excludes halogenated alkanes) is 3. The number of rotatable bonds is 11. The maximum absolute atomic E-state index is 15.2. The van der Waals surface area contributed by atoms with Gasteiger partial charge in [0.15, 0.2) is 0 Å². The van der Waals surface area contributed by atoms with Crippen molar-refractivity contribution in [2.24, 2.45) is 47.3 Å². The Kier molecular flexibility index (Phi) is 12.2. The first-order chi connectivity index (χ1) is 18.4. The van der Waals surface area contributed by atoms with Crippen molar-refractivity contribution >= 4 is 0 Å². The fourth-order valence-electron chi connectivity index (χ4n) is 9.25. The predicted molar refractivity (Wildman–Crippen MR) is 151 cm³/mol. The second-order valence-electron chi connectivity index (χ2n) is 14.2. The van der Waals surface area contributed by atoms with Gasteiger partial charge in [-0.3, -0.25) is 0 Å². The highest BCUT2D eigenvalue weighted by Gasteiger charge is 2.45. The molecule has 0 bridgehead atoms. The van der Waals surface area contributed by atoms with Crippen LogP contribution in [0.4, 0.5) is 17.6 Å². The molecule has 0 amide bonds. The maximum atomic E-state index is 15.2. The molecule has 0 aromatic rings. The Bertz CT molecular complexity index is 653. The summed E-state index contributed by atoms with van der Waals surface area (Å²) in [5.74, 6) is 1.67. The maximum Gasteiger partial charge on any atom is 0.134 e. The zero-order chi connectivity index (χ0) is 27.1. The van der Waals surface area contributed by atoms with Crippen LogP contribution >= 0.6 is 0 Å². The first kappa shape index (κ1) is 30.7. The monoisotopic (exact) mass is 542 g/mol. The molecule has 0 N–H and O–H groups in total. The second-order valence-corrected chi connectivity index (χ2v) is 14.2. The van der Waals surface area contributed by atoms with E-state index in [1.807, 2.05) is 0 Å². The van der Waals surface area contributed by atoms with E-state index in [1.165, 1.54) is 32.1 Å². The fraction of sp³-hybridized carbons (Fsp3) is 1.00. The minimum absolute atomic E-state index is 0.0612. The van der Waals surface area contributed by atoms with E-state index in [1.54, 1.807) is 0 Å². The van der Waals surface area contributed by atoms with Crippen LogP contribution in [-0.2, 0) is 0 Å². The summed E-state index contributed by atoms with van der Waals surface area (Å²) in [6, 6.07) is 0. The molecule has 4 aliphatic carbocycles. The summed E-state index contributed by atoms with van der Waals surface area (Å²) in [6.07, 6.45) is 15.3. The third-order valence-corrected chi connectivity index (χ3v) is 12.0. The van der Waals surface area contributed by atoms with Crippen molar-refractivity contribution < 1.29 is 17.6 Å². The van der Waals surface area contributed by atoms with Gasteiger partial charge in [0.1, 0.15) is 24.7 Å². The molecule has 4 heteroatoms. The van der Waals surface area contributed by atoms with Crippen LogP contribution in [-0.4, -0.2) is 24.7 Å². The molecular formula is C34H58F4. The van der Waals surface area contributed by atoms with Crippen LogP contribution < -0.4 is 0 Å². The summed E-state index contributed by atoms with van der Waals surface area (Å²) in [5.41, 5.74) is 0. The molecule has 4 fully saturated rings. The summed E-state index contributed by atoms with van der Waals surface area (Å²) in [4.78, 5) is 0. The third kappa shape index (κ3) is 7.71. The van der Waals surface area contributed by atoms with E-state index in [0.29, 0.717) is 17.8 Å². The zero-order valence-electron chi connectivity index (χ0n) is 24.6. The van der Waals surface area contributed by atoms with E-state index in [2.05, 4.69) is 13.8 Å². The SMILES string of the molecule is CCCCCCC1CCC(C2CCC(CCC3CCC(C4CCC(CC)CC4)C(F)[C@H]3F)CC2)C(F)[C@H]1F. The summed E-state index contributed by atoms with van der Waals surface area (Å²) in [5, 5.41) is 0. The van der Waals surface area contributed by atoms with Gasteiger partial charge in [-0.25, -0.2) is 17.6 Å². The van der Waals surface area contributed by atoms with Crippen molar-refractivity contribution in [2.45, 2.75) is 167 Å². The lowest BCUT2D eigenvalue weighted by molar-refractivity contribution is -0.0204. The fourth-order valence-corrected chi connectivity index (χ4v) is 9.25. The lowest BCUT2D eigenvalue weighted by atomic mass is 9.65. The van der Waals surface area contributed by atoms with Gasteiger partial charge in [-0.05, 0) is 112 Å². The van der Waals surface area contributed by atoms with E-state index in [-0.39, 0.29) is 23.7 Å².